The number of carbonyl (C=O) groups is 1. The van der Waals surface area contributed by atoms with Crippen molar-refractivity contribution in [3.05, 3.63) is 77.4 Å². The second kappa shape index (κ2) is 8.81. The molecule has 27 heavy (non-hydrogen) atoms. The van der Waals surface area contributed by atoms with Gasteiger partial charge in [-0.1, -0.05) is 54.2 Å². The number of carbonyl (C=O) groups excluding carboxylic acids is 1. The van der Waals surface area contributed by atoms with Crippen LogP contribution in [0.25, 0.3) is 0 Å². The minimum absolute atomic E-state index is 0.0452. The average molecular weight is 384 g/mol. The van der Waals surface area contributed by atoms with Gasteiger partial charge in [0.1, 0.15) is 11.6 Å². The summed E-state index contributed by atoms with van der Waals surface area (Å²) in [5.74, 6) is 0.712. The molecule has 5 nitrogen and oxygen atoms in total. The Balaban J connectivity index is 1.60. The Labute approximate surface area is 162 Å². The largest absolute Gasteiger partial charge is 0.341 e. The van der Waals surface area contributed by atoms with E-state index in [1.807, 2.05) is 41.8 Å². The molecule has 0 saturated carbocycles. The SMILES string of the molecule is Cc1nnc(SCC(=O)N(C)Cc2cccc(F)c2)n1Cc1ccccc1. The van der Waals surface area contributed by atoms with Gasteiger partial charge in [0.25, 0.3) is 0 Å². The molecule has 140 valence electrons. The minimum Gasteiger partial charge on any atom is -0.341 e. The van der Waals surface area contributed by atoms with Crippen molar-refractivity contribution in [2.24, 2.45) is 0 Å². The van der Waals surface area contributed by atoms with Gasteiger partial charge in [-0.3, -0.25) is 4.79 Å². The van der Waals surface area contributed by atoms with Gasteiger partial charge in [-0.2, -0.15) is 0 Å². The molecule has 1 aromatic heterocycles. The molecule has 2 aromatic carbocycles. The van der Waals surface area contributed by atoms with Crippen LogP contribution in [0.2, 0.25) is 0 Å². The Kier molecular flexibility index (Phi) is 6.24. The first-order chi connectivity index (χ1) is 13.0. The van der Waals surface area contributed by atoms with Crippen molar-refractivity contribution in [3.8, 4) is 0 Å². The summed E-state index contributed by atoms with van der Waals surface area (Å²) in [4.78, 5) is 14.0. The number of thioether (sulfide) groups is 1. The topological polar surface area (TPSA) is 51.0 Å². The summed E-state index contributed by atoms with van der Waals surface area (Å²) in [5, 5.41) is 9.04. The van der Waals surface area contributed by atoms with Crippen molar-refractivity contribution in [2.45, 2.75) is 25.2 Å². The molecule has 1 heterocycles. The Hall–Kier alpha value is -2.67. The summed E-state index contributed by atoms with van der Waals surface area (Å²) in [6, 6.07) is 16.3. The van der Waals surface area contributed by atoms with Gasteiger partial charge in [-0.25, -0.2) is 4.39 Å². The van der Waals surface area contributed by atoms with E-state index in [1.54, 1.807) is 24.1 Å². The Morgan fingerprint density at radius 3 is 2.59 bits per heavy atom. The molecule has 0 unspecified atom stereocenters. The lowest BCUT2D eigenvalue weighted by atomic mass is 10.2. The van der Waals surface area contributed by atoms with E-state index in [2.05, 4.69) is 10.2 Å². The predicted octanol–water partition coefficient (Wildman–Crippen LogP) is 3.52. The second-order valence-corrected chi connectivity index (χ2v) is 7.21. The zero-order valence-electron chi connectivity index (χ0n) is 15.3. The quantitative estimate of drug-likeness (QED) is 0.585. The van der Waals surface area contributed by atoms with E-state index in [0.29, 0.717) is 18.2 Å². The Morgan fingerprint density at radius 1 is 1.11 bits per heavy atom. The summed E-state index contributed by atoms with van der Waals surface area (Å²) in [5.41, 5.74) is 1.91. The standard InChI is InChI=1S/C20H21FN4OS/c1-15-22-23-20(25(15)13-16-7-4-3-5-8-16)27-14-19(26)24(2)12-17-9-6-10-18(21)11-17/h3-11H,12-14H2,1-2H3. The van der Waals surface area contributed by atoms with Crippen LogP contribution in [0.1, 0.15) is 17.0 Å². The number of hydrogen-bond acceptors (Lipinski definition) is 4. The highest BCUT2D eigenvalue weighted by molar-refractivity contribution is 7.99. The molecule has 0 fully saturated rings. The molecule has 3 aromatic rings. The van der Waals surface area contributed by atoms with Crippen LogP contribution >= 0.6 is 11.8 Å². The van der Waals surface area contributed by atoms with E-state index < -0.39 is 0 Å². The monoisotopic (exact) mass is 384 g/mol. The first-order valence-electron chi connectivity index (χ1n) is 8.58. The van der Waals surface area contributed by atoms with Crippen LogP contribution in [0, 0.1) is 12.7 Å². The van der Waals surface area contributed by atoms with E-state index in [4.69, 9.17) is 0 Å². The maximum atomic E-state index is 13.3. The van der Waals surface area contributed by atoms with Gasteiger partial charge >= 0.3 is 0 Å². The van der Waals surface area contributed by atoms with Gasteiger partial charge in [0, 0.05) is 13.6 Å². The molecule has 0 aliphatic heterocycles. The molecular formula is C20H21FN4OS. The van der Waals surface area contributed by atoms with Crippen LogP contribution in [0.3, 0.4) is 0 Å². The fourth-order valence-electron chi connectivity index (χ4n) is 2.65. The third-order valence-electron chi connectivity index (χ3n) is 4.14. The van der Waals surface area contributed by atoms with E-state index in [-0.39, 0.29) is 17.5 Å². The molecule has 0 N–H and O–H groups in total. The summed E-state index contributed by atoms with van der Waals surface area (Å²) < 4.78 is 15.3. The second-order valence-electron chi connectivity index (χ2n) is 6.27. The zero-order chi connectivity index (χ0) is 19.2. The van der Waals surface area contributed by atoms with E-state index in [9.17, 15) is 9.18 Å². The number of halogens is 1. The molecule has 0 atom stereocenters. The van der Waals surface area contributed by atoms with Gasteiger partial charge < -0.3 is 9.47 Å². The van der Waals surface area contributed by atoms with Crippen LogP contribution in [-0.4, -0.2) is 38.4 Å². The van der Waals surface area contributed by atoms with Crippen molar-refractivity contribution in [2.75, 3.05) is 12.8 Å². The molecule has 0 spiro atoms. The number of rotatable bonds is 7. The van der Waals surface area contributed by atoms with E-state index in [0.717, 1.165) is 17.0 Å². The lowest BCUT2D eigenvalue weighted by Gasteiger charge is -2.17. The third kappa shape index (κ3) is 5.17. The van der Waals surface area contributed by atoms with Crippen LogP contribution in [-0.2, 0) is 17.9 Å². The number of amides is 1. The highest BCUT2D eigenvalue weighted by Crippen LogP contribution is 2.19. The lowest BCUT2D eigenvalue weighted by Crippen LogP contribution is -2.28. The third-order valence-corrected chi connectivity index (χ3v) is 5.10. The molecule has 3 rings (SSSR count). The summed E-state index contributed by atoms with van der Waals surface area (Å²) >= 11 is 1.36. The maximum absolute atomic E-state index is 13.3. The van der Waals surface area contributed by atoms with E-state index >= 15 is 0 Å². The molecule has 0 radical (unpaired) electrons. The van der Waals surface area contributed by atoms with Crippen molar-refractivity contribution in [1.82, 2.24) is 19.7 Å². The van der Waals surface area contributed by atoms with Crippen LogP contribution in [0.4, 0.5) is 4.39 Å². The fourth-order valence-corrected chi connectivity index (χ4v) is 3.57. The lowest BCUT2D eigenvalue weighted by molar-refractivity contribution is -0.127. The van der Waals surface area contributed by atoms with Gasteiger partial charge in [-0.05, 0) is 30.2 Å². The van der Waals surface area contributed by atoms with Crippen molar-refractivity contribution in [1.29, 1.82) is 0 Å². The number of aryl methyl sites for hydroxylation is 1. The highest BCUT2D eigenvalue weighted by Gasteiger charge is 2.15. The molecule has 0 bridgehead atoms. The number of benzene rings is 2. The average Bonchev–Trinajstić information content (AvgIpc) is 3.00. The highest BCUT2D eigenvalue weighted by atomic mass is 32.2. The summed E-state index contributed by atoms with van der Waals surface area (Å²) in [6.07, 6.45) is 0. The fraction of sp³-hybridized carbons (Fsp3) is 0.250. The van der Waals surface area contributed by atoms with Gasteiger partial charge in [0.2, 0.25) is 5.91 Å². The Morgan fingerprint density at radius 2 is 1.85 bits per heavy atom. The van der Waals surface area contributed by atoms with E-state index in [1.165, 1.54) is 23.9 Å². The molecule has 1 amide bonds. The molecule has 0 aliphatic rings. The molecule has 7 heteroatoms. The zero-order valence-corrected chi connectivity index (χ0v) is 16.1. The van der Waals surface area contributed by atoms with Crippen molar-refractivity contribution >= 4 is 17.7 Å². The van der Waals surface area contributed by atoms with Crippen molar-refractivity contribution in [3.63, 3.8) is 0 Å². The molecule has 0 saturated heterocycles. The number of nitrogens with zero attached hydrogens (tertiary/aromatic N) is 4. The Bertz CT molecular complexity index is 913. The normalized spacial score (nSPS) is 10.8. The van der Waals surface area contributed by atoms with Crippen molar-refractivity contribution < 1.29 is 9.18 Å². The first kappa shape index (κ1) is 19.1. The maximum Gasteiger partial charge on any atom is 0.233 e. The number of hydrogen-bond donors (Lipinski definition) is 0. The van der Waals surface area contributed by atoms with Crippen LogP contribution in [0.15, 0.2) is 59.8 Å². The summed E-state index contributed by atoms with van der Waals surface area (Å²) in [6.45, 7) is 2.93. The van der Waals surface area contributed by atoms with Gasteiger partial charge in [-0.15, -0.1) is 10.2 Å². The van der Waals surface area contributed by atoms with Crippen LogP contribution < -0.4 is 0 Å². The van der Waals surface area contributed by atoms with Crippen LogP contribution in [0.5, 0.6) is 0 Å². The number of aromatic nitrogens is 3. The smallest absolute Gasteiger partial charge is 0.233 e. The predicted molar refractivity (Wildman–Crippen MR) is 104 cm³/mol. The minimum atomic E-state index is -0.299. The molecular weight excluding hydrogens is 363 g/mol. The van der Waals surface area contributed by atoms with Gasteiger partial charge in [0.05, 0.1) is 12.3 Å². The molecule has 0 aliphatic carbocycles. The summed E-state index contributed by atoms with van der Waals surface area (Å²) in [7, 11) is 1.72. The first-order valence-corrected chi connectivity index (χ1v) is 9.56. The van der Waals surface area contributed by atoms with Gasteiger partial charge in [0.15, 0.2) is 5.16 Å².